The average Bonchev–Trinajstić information content (AvgIpc) is 2.67. The number of pyridine rings is 1. The molecule has 1 heterocycles. The van der Waals surface area contributed by atoms with Crippen molar-refractivity contribution in [1.82, 2.24) is 10.3 Å². The third-order valence-corrected chi connectivity index (χ3v) is 4.39. The molecule has 132 valence electrons. The Balaban J connectivity index is 1.54. The largest absolute Gasteiger partial charge is 0.366 e. The van der Waals surface area contributed by atoms with Gasteiger partial charge in [-0.2, -0.15) is 0 Å². The summed E-state index contributed by atoms with van der Waals surface area (Å²) >= 11 is 6.10. The molecule has 5 heteroatoms. The summed E-state index contributed by atoms with van der Waals surface area (Å²) in [4.78, 5) is 16.5. The molecule has 0 aliphatic carbocycles. The van der Waals surface area contributed by atoms with Crippen LogP contribution in [0.3, 0.4) is 0 Å². The molecule has 3 rings (SSSR count). The van der Waals surface area contributed by atoms with Crippen LogP contribution in [0.15, 0.2) is 66.9 Å². The Bertz CT molecular complexity index is 877. The van der Waals surface area contributed by atoms with Gasteiger partial charge in [0.1, 0.15) is 5.82 Å². The van der Waals surface area contributed by atoms with Crippen molar-refractivity contribution in [2.75, 3.05) is 5.32 Å². The van der Waals surface area contributed by atoms with Gasteiger partial charge in [-0.05, 0) is 36.2 Å². The van der Waals surface area contributed by atoms with Crippen molar-refractivity contribution in [3.63, 3.8) is 0 Å². The second-order valence-corrected chi connectivity index (χ2v) is 6.45. The minimum atomic E-state index is -0.178. The molecule has 0 aliphatic heterocycles. The number of nitrogens with zero attached hydrogens (tertiary/aromatic N) is 1. The van der Waals surface area contributed by atoms with Crippen LogP contribution in [0.2, 0.25) is 5.02 Å². The van der Waals surface area contributed by atoms with E-state index in [1.807, 2.05) is 18.2 Å². The van der Waals surface area contributed by atoms with E-state index in [2.05, 4.69) is 46.8 Å². The first-order chi connectivity index (χ1) is 12.6. The van der Waals surface area contributed by atoms with Gasteiger partial charge in [0, 0.05) is 24.3 Å². The number of halogens is 1. The highest BCUT2D eigenvalue weighted by Crippen LogP contribution is 2.15. The van der Waals surface area contributed by atoms with Crippen molar-refractivity contribution in [1.29, 1.82) is 0 Å². The fourth-order valence-corrected chi connectivity index (χ4v) is 2.65. The van der Waals surface area contributed by atoms with Crippen molar-refractivity contribution >= 4 is 23.3 Å². The van der Waals surface area contributed by atoms with E-state index in [0.717, 1.165) is 11.4 Å². The first kappa shape index (κ1) is 18.0. The normalized spacial score (nSPS) is 10.4. The van der Waals surface area contributed by atoms with Gasteiger partial charge in [-0.15, -0.1) is 0 Å². The maximum atomic E-state index is 12.2. The lowest BCUT2D eigenvalue weighted by atomic mass is 10.1. The summed E-state index contributed by atoms with van der Waals surface area (Å²) in [6.07, 6.45) is 1.57. The molecule has 1 aromatic heterocycles. The molecule has 0 bridgehead atoms. The van der Waals surface area contributed by atoms with Crippen molar-refractivity contribution < 1.29 is 4.79 Å². The number of hydrogen-bond donors (Lipinski definition) is 2. The number of aromatic nitrogens is 1. The van der Waals surface area contributed by atoms with Gasteiger partial charge in [0.05, 0.1) is 5.56 Å². The van der Waals surface area contributed by atoms with Gasteiger partial charge < -0.3 is 10.6 Å². The highest BCUT2D eigenvalue weighted by Gasteiger charge is 2.07. The maximum absolute atomic E-state index is 12.2. The van der Waals surface area contributed by atoms with Crippen LogP contribution in [-0.2, 0) is 13.1 Å². The van der Waals surface area contributed by atoms with Crippen molar-refractivity contribution in [2.45, 2.75) is 20.0 Å². The number of carbonyl (C=O) groups is 1. The van der Waals surface area contributed by atoms with Gasteiger partial charge in [-0.1, -0.05) is 59.6 Å². The number of nitrogens with one attached hydrogen (secondary N) is 2. The van der Waals surface area contributed by atoms with E-state index in [1.54, 1.807) is 24.4 Å². The average molecular weight is 366 g/mol. The van der Waals surface area contributed by atoms with Crippen LogP contribution < -0.4 is 10.6 Å². The molecule has 0 spiro atoms. The fourth-order valence-electron chi connectivity index (χ4n) is 2.45. The number of benzene rings is 2. The Hall–Kier alpha value is -2.85. The van der Waals surface area contributed by atoms with E-state index in [9.17, 15) is 4.79 Å². The van der Waals surface area contributed by atoms with Gasteiger partial charge >= 0.3 is 0 Å². The Morgan fingerprint density at radius 2 is 1.77 bits per heavy atom. The number of carbonyl (C=O) groups excluding carboxylic acids is 1. The van der Waals surface area contributed by atoms with E-state index in [4.69, 9.17) is 11.6 Å². The Kier molecular flexibility index (Phi) is 5.87. The molecular weight excluding hydrogens is 346 g/mol. The van der Waals surface area contributed by atoms with E-state index in [0.29, 0.717) is 23.7 Å². The van der Waals surface area contributed by atoms with Crippen LogP contribution >= 0.6 is 11.6 Å². The first-order valence-electron chi connectivity index (χ1n) is 8.39. The standard InChI is InChI=1S/C21H20ClN3O/c1-15-6-8-16(9-7-15)12-23-20-11-10-18(14-24-20)21(26)25-13-17-4-2-3-5-19(17)22/h2-11,14H,12-13H2,1H3,(H,23,24)(H,25,26). The van der Waals surface area contributed by atoms with Gasteiger partial charge in [-0.3, -0.25) is 4.79 Å². The lowest BCUT2D eigenvalue weighted by molar-refractivity contribution is 0.0950. The summed E-state index contributed by atoms with van der Waals surface area (Å²) in [5.74, 6) is 0.552. The first-order valence-corrected chi connectivity index (χ1v) is 8.77. The zero-order chi connectivity index (χ0) is 18.4. The molecule has 0 unspecified atom stereocenters. The van der Waals surface area contributed by atoms with Gasteiger partial charge in [-0.25, -0.2) is 4.98 Å². The molecule has 1 amide bonds. The van der Waals surface area contributed by atoms with Crippen LogP contribution in [0, 0.1) is 6.92 Å². The molecule has 0 aliphatic rings. The third kappa shape index (κ3) is 4.83. The van der Waals surface area contributed by atoms with Gasteiger partial charge in [0.25, 0.3) is 5.91 Å². The minimum Gasteiger partial charge on any atom is -0.366 e. The SMILES string of the molecule is Cc1ccc(CNc2ccc(C(=O)NCc3ccccc3Cl)cn2)cc1. The number of amides is 1. The number of anilines is 1. The summed E-state index contributed by atoms with van der Waals surface area (Å²) in [5.41, 5.74) is 3.81. The van der Waals surface area contributed by atoms with Crippen molar-refractivity contribution in [3.8, 4) is 0 Å². The summed E-state index contributed by atoms with van der Waals surface area (Å²) in [6.45, 7) is 3.13. The van der Waals surface area contributed by atoms with E-state index >= 15 is 0 Å². The smallest absolute Gasteiger partial charge is 0.253 e. The van der Waals surface area contributed by atoms with Crippen molar-refractivity contribution in [2.24, 2.45) is 0 Å². The summed E-state index contributed by atoms with van der Waals surface area (Å²) < 4.78 is 0. The van der Waals surface area contributed by atoms with Crippen molar-refractivity contribution in [3.05, 3.63) is 94.1 Å². The highest BCUT2D eigenvalue weighted by atomic mass is 35.5. The molecule has 0 atom stereocenters. The van der Waals surface area contributed by atoms with Crippen LogP contribution in [0.4, 0.5) is 5.82 Å². The predicted molar refractivity (Wildman–Crippen MR) is 105 cm³/mol. The highest BCUT2D eigenvalue weighted by molar-refractivity contribution is 6.31. The molecule has 3 aromatic rings. The van der Waals surface area contributed by atoms with Gasteiger partial charge in [0.2, 0.25) is 0 Å². The molecule has 0 saturated heterocycles. The molecule has 0 radical (unpaired) electrons. The zero-order valence-corrected chi connectivity index (χ0v) is 15.3. The molecule has 0 fully saturated rings. The lowest BCUT2D eigenvalue weighted by Crippen LogP contribution is -2.23. The van der Waals surface area contributed by atoms with Gasteiger partial charge in [0.15, 0.2) is 0 Å². The molecule has 2 N–H and O–H groups in total. The second-order valence-electron chi connectivity index (χ2n) is 6.05. The third-order valence-electron chi connectivity index (χ3n) is 4.02. The van der Waals surface area contributed by atoms with E-state index < -0.39 is 0 Å². The second kappa shape index (κ2) is 8.50. The number of hydrogen-bond acceptors (Lipinski definition) is 3. The minimum absolute atomic E-state index is 0.178. The molecular formula is C21H20ClN3O. The molecule has 2 aromatic carbocycles. The topological polar surface area (TPSA) is 54.0 Å². The predicted octanol–water partition coefficient (Wildman–Crippen LogP) is 4.59. The quantitative estimate of drug-likeness (QED) is 0.672. The molecule has 0 saturated carbocycles. The zero-order valence-electron chi connectivity index (χ0n) is 14.5. The summed E-state index contributed by atoms with van der Waals surface area (Å²) in [6, 6.07) is 19.3. The van der Waals surface area contributed by atoms with Crippen LogP contribution in [0.1, 0.15) is 27.0 Å². The monoisotopic (exact) mass is 365 g/mol. The Labute approximate surface area is 158 Å². The van der Waals surface area contributed by atoms with Crippen LogP contribution in [0.25, 0.3) is 0 Å². The van der Waals surface area contributed by atoms with Crippen LogP contribution in [-0.4, -0.2) is 10.9 Å². The fraction of sp³-hybridized carbons (Fsp3) is 0.143. The summed E-state index contributed by atoms with van der Waals surface area (Å²) in [5, 5.41) is 6.75. The number of aryl methyl sites for hydroxylation is 1. The maximum Gasteiger partial charge on any atom is 0.253 e. The van der Waals surface area contributed by atoms with E-state index in [-0.39, 0.29) is 5.91 Å². The Morgan fingerprint density at radius 3 is 2.46 bits per heavy atom. The van der Waals surface area contributed by atoms with E-state index in [1.165, 1.54) is 11.1 Å². The molecule has 26 heavy (non-hydrogen) atoms. The molecule has 4 nitrogen and oxygen atoms in total. The number of rotatable bonds is 6. The Morgan fingerprint density at radius 1 is 1.00 bits per heavy atom. The lowest BCUT2D eigenvalue weighted by Gasteiger charge is -2.09. The summed E-state index contributed by atoms with van der Waals surface area (Å²) in [7, 11) is 0. The van der Waals surface area contributed by atoms with Crippen LogP contribution in [0.5, 0.6) is 0 Å².